The molecule has 0 aromatic heterocycles. The minimum absolute atomic E-state index is 0.0249. The second kappa shape index (κ2) is 43.1. The maximum absolute atomic E-state index is 14.8. The van der Waals surface area contributed by atoms with Gasteiger partial charge in [0.05, 0.1) is 51.9 Å². The van der Waals surface area contributed by atoms with Crippen LogP contribution in [0.3, 0.4) is 0 Å². The monoisotopic (exact) mass is 1470 g/mol. The van der Waals surface area contributed by atoms with Crippen molar-refractivity contribution in [2.24, 2.45) is 51.2 Å². The molecule has 21 atom stereocenters. The molecule has 0 saturated carbocycles. The Hall–Kier alpha value is -9.12. The summed E-state index contributed by atoms with van der Waals surface area (Å²) < 4.78 is 22.4. The number of benzene rings is 1. The Kier molecular flexibility index (Phi) is 36.9. The van der Waals surface area contributed by atoms with Crippen molar-refractivity contribution in [3.05, 3.63) is 29.8 Å². The molecule has 0 radical (unpaired) electrons. The molecule has 31 N–H and O–H groups in total. The van der Waals surface area contributed by atoms with Crippen molar-refractivity contribution < 1.29 is 132 Å². The average molecular weight is 1480 g/mol. The van der Waals surface area contributed by atoms with Crippen LogP contribution in [0.4, 0.5) is 0 Å². The van der Waals surface area contributed by atoms with Crippen LogP contribution in [0.5, 0.6) is 5.75 Å². The van der Waals surface area contributed by atoms with Gasteiger partial charge in [-0.05, 0) is 48.8 Å². The van der Waals surface area contributed by atoms with E-state index in [-0.39, 0.29) is 50.4 Å². The number of carbonyl (C=O) groups is 13. The fourth-order valence-electron chi connectivity index (χ4n) is 10.2. The van der Waals surface area contributed by atoms with E-state index in [1.807, 2.05) is 0 Å². The minimum Gasteiger partial charge on any atom is -0.508 e. The lowest BCUT2D eigenvalue weighted by Crippen LogP contribution is -2.65. The predicted molar refractivity (Wildman–Crippen MR) is 350 cm³/mol. The first-order valence-corrected chi connectivity index (χ1v) is 32.6. The molecule has 2 saturated heterocycles. The van der Waals surface area contributed by atoms with Crippen molar-refractivity contribution in [3.63, 3.8) is 0 Å². The van der Waals surface area contributed by atoms with Crippen LogP contribution in [0.25, 0.3) is 0 Å². The van der Waals surface area contributed by atoms with Crippen LogP contribution in [0, 0.1) is 11.8 Å². The number of aliphatic hydroxyl groups is 8. The maximum atomic E-state index is 14.8. The third-order valence-electron chi connectivity index (χ3n) is 16.6. The van der Waals surface area contributed by atoms with E-state index >= 15 is 0 Å². The number of carboxylic acid groups (broad SMARTS) is 1. The highest BCUT2D eigenvalue weighted by Crippen LogP contribution is 2.30. The van der Waals surface area contributed by atoms with Crippen LogP contribution in [0.15, 0.2) is 29.3 Å². The van der Waals surface area contributed by atoms with Crippen molar-refractivity contribution in [2.75, 3.05) is 39.5 Å². The molecular weight excluding hydrogens is 1380 g/mol. The number of carbonyl (C=O) groups excluding carboxylic acids is 12. The number of nitrogens with one attached hydrogen (secondary N) is 9. The zero-order valence-corrected chi connectivity index (χ0v) is 56.9. The van der Waals surface area contributed by atoms with E-state index in [0.29, 0.717) is 5.56 Å². The normalized spacial score (nSPS) is 23.3. The first kappa shape index (κ1) is 88.1. The molecule has 1 aromatic carbocycles. The van der Waals surface area contributed by atoms with Gasteiger partial charge in [-0.1, -0.05) is 52.7 Å². The van der Waals surface area contributed by atoms with Gasteiger partial charge in [0.1, 0.15) is 103 Å². The molecule has 12 amide bonds. The first-order valence-electron chi connectivity index (χ1n) is 32.6. The molecule has 43 heteroatoms. The molecule has 0 bridgehead atoms. The molecule has 2 aliphatic heterocycles. The van der Waals surface area contributed by atoms with Gasteiger partial charge in [-0.3, -0.25) is 67.3 Å². The summed E-state index contributed by atoms with van der Waals surface area (Å²) in [7, 11) is 0. The Morgan fingerprint density at radius 3 is 1.61 bits per heavy atom. The molecule has 2 heterocycles. The molecule has 0 spiro atoms. The Morgan fingerprint density at radius 2 is 1.07 bits per heavy atom. The van der Waals surface area contributed by atoms with Gasteiger partial charge in [0.2, 0.25) is 70.9 Å². The number of phenolic OH excluding ortho intramolecular Hbond substituents is 1. The zero-order chi connectivity index (χ0) is 77.7. The van der Waals surface area contributed by atoms with Gasteiger partial charge in [0.25, 0.3) is 0 Å². The molecule has 580 valence electrons. The van der Waals surface area contributed by atoms with Gasteiger partial charge >= 0.3 is 5.97 Å². The highest BCUT2D eigenvalue weighted by Gasteiger charge is 2.51. The van der Waals surface area contributed by atoms with Crippen LogP contribution in [-0.4, -0.2) is 289 Å². The molecule has 2 fully saturated rings. The van der Waals surface area contributed by atoms with Gasteiger partial charge < -0.3 is 152 Å². The smallest absolute Gasteiger partial charge is 0.305 e. The third-order valence-corrected chi connectivity index (χ3v) is 16.6. The number of hydrogen-bond donors (Lipinski definition) is 25. The van der Waals surface area contributed by atoms with Gasteiger partial charge in [-0.15, -0.1) is 0 Å². The fourth-order valence-corrected chi connectivity index (χ4v) is 10.2. The Bertz CT molecular complexity index is 3080. The summed E-state index contributed by atoms with van der Waals surface area (Å²) in [4.78, 5) is 178. The standard InChI is InChI=1S/C60H98N16O27/c1-5-24(3)41(75-39(83)19-68-51(93)31(16-26-9-11-27(80)12-10-26)71-50(92)28(61)17-40(84)85)56(98)74-34(23-100-58-47(90)45(88)48(36(22-79)102-58)103-59-46(89)44(87)43(86)35(21-78)101-59)55(97)70-30(13-14-37(62)81)52(94)76-42(25(4)6-2)57(99)72-32(18-38(63)82)53(95)73-33(20-77)54(96)69-29(49(64)91)8-7-15-67-60(65)66/h9-12,24-25,28-36,41-48,58-59,77-80,86-90H,5-8,13-23,61H2,1-4H3,(H2,62,81)(H2,63,82)(H2,64,91)(H,68,93)(H,69,96)(H,70,97)(H,71,92)(H,72,99)(H,73,95)(H,74,98)(H,75,83)(H,76,94)(H,84,85)(H4,65,66,67)/t24-,25-,28-,29-,30-,31-,32-,33-,34-,35+,36+,41-,42-,43-,44-,45+,46+,47+,48-,58+,59+/m0/s1. The number of guanidine groups is 1. The summed E-state index contributed by atoms with van der Waals surface area (Å²) in [5, 5.41) is 124. The molecule has 103 heavy (non-hydrogen) atoms. The quantitative estimate of drug-likeness (QED) is 0.0164. The number of rotatable bonds is 44. The lowest BCUT2D eigenvalue weighted by atomic mass is 9.96. The van der Waals surface area contributed by atoms with Crippen LogP contribution in [0.2, 0.25) is 0 Å². The molecule has 3 rings (SSSR count). The van der Waals surface area contributed by atoms with Crippen molar-refractivity contribution in [1.82, 2.24) is 47.9 Å². The molecular formula is C60H98N16O27. The summed E-state index contributed by atoms with van der Waals surface area (Å²) in [5.41, 5.74) is 33.1. The van der Waals surface area contributed by atoms with Crippen molar-refractivity contribution in [3.8, 4) is 5.75 Å². The SMILES string of the molecule is CC[C@H](C)[C@H](NC(=O)CNC(=O)[C@H](Cc1ccc(O)cc1)NC(=O)[C@@H](N)CC(=O)O)C(=O)N[C@@H](CO[C@@H]1O[C@H](CO)[C@H](O[C@H]2O[C@H](CO)[C@H](O)[C@H](O)[C@H]2O)[C@H](O)[C@H]1O)C(=O)N[C@@H](CCC(N)=O)C(=O)N[C@H](C(=O)N[C@@H](CC(N)=O)C(=O)N[C@@H](CO)C(=O)N[C@@H](CCCN=C(N)N)C(N)=O)[C@@H](C)CC. The average Bonchev–Trinajstić information content (AvgIpc) is 0.785. The van der Waals surface area contributed by atoms with E-state index in [1.165, 1.54) is 38.1 Å². The number of nitrogens with two attached hydrogens (primary N) is 6. The Morgan fingerprint density at radius 1 is 0.553 bits per heavy atom. The minimum atomic E-state index is -2.25. The van der Waals surface area contributed by atoms with Gasteiger partial charge in [-0.2, -0.15) is 0 Å². The summed E-state index contributed by atoms with van der Waals surface area (Å²) >= 11 is 0. The van der Waals surface area contributed by atoms with Gasteiger partial charge in [0, 0.05) is 19.4 Å². The van der Waals surface area contributed by atoms with Crippen molar-refractivity contribution in [2.45, 2.75) is 201 Å². The number of phenols is 1. The highest BCUT2D eigenvalue weighted by molar-refractivity contribution is 5.99. The number of aliphatic hydroxyl groups excluding tert-OH is 8. The molecule has 0 aliphatic carbocycles. The number of aliphatic imine (C=N–C) groups is 1. The zero-order valence-electron chi connectivity index (χ0n) is 56.9. The number of aliphatic carboxylic acids is 1. The second-order valence-electron chi connectivity index (χ2n) is 24.5. The van der Waals surface area contributed by atoms with E-state index in [4.69, 9.17) is 53.3 Å². The molecule has 43 nitrogen and oxygen atoms in total. The molecule has 0 unspecified atom stereocenters. The van der Waals surface area contributed by atoms with Crippen molar-refractivity contribution in [1.29, 1.82) is 0 Å². The summed E-state index contributed by atoms with van der Waals surface area (Å²) in [6, 6.07) is -10.4. The lowest BCUT2D eigenvalue weighted by molar-refractivity contribution is -0.359. The predicted octanol–water partition coefficient (Wildman–Crippen LogP) is -12.9. The van der Waals surface area contributed by atoms with Crippen LogP contribution >= 0.6 is 0 Å². The van der Waals surface area contributed by atoms with Gasteiger partial charge in [-0.25, -0.2) is 0 Å². The van der Waals surface area contributed by atoms with E-state index in [1.54, 1.807) is 13.8 Å². The summed E-state index contributed by atoms with van der Waals surface area (Å²) in [6.07, 6.45) is -22.8. The number of ether oxygens (including phenoxy) is 4. The number of hydrogen-bond acceptors (Lipinski definition) is 28. The van der Waals surface area contributed by atoms with Crippen LogP contribution in [-0.2, 0) is 87.7 Å². The first-order chi connectivity index (χ1) is 48.4. The number of primary amides is 3. The largest absolute Gasteiger partial charge is 0.508 e. The van der Waals surface area contributed by atoms with Crippen LogP contribution < -0.4 is 82.3 Å². The van der Waals surface area contributed by atoms with E-state index in [0.717, 1.165) is 0 Å². The number of carboxylic acids is 1. The number of amides is 12. The topological polar surface area (TPSA) is 738 Å². The molecule has 1 aromatic rings. The second-order valence-corrected chi connectivity index (χ2v) is 24.5. The Labute approximate surface area is 589 Å². The molecule has 2 aliphatic rings. The van der Waals surface area contributed by atoms with E-state index in [9.17, 15) is 113 Å². The highest BCUT2D eigenvalue weighted by atomic mass is 16.7. The van der Waals surface area contributed by atoms with E-state index in [2.05, 4.69) is 52.8 Å². The van der Waals surface area contributed by atoms with Gasteiger partial charge in [0.15, 0.2) is 18.5 Å². The fraction of sp³-hybridized carbons (Fsp3) is 0.667. The number of aromatic hydroxyl groups is 1. The van der Waals surface area contributed by atoms with E-state index < -0.39 is 263 Å². The lowest BCUT2D eigenvalue weighted by Gasteiger charge is -2.46. The number of nitrogens with zero attached hydrogens (tertiary/aromatic N) is 1. The van der Waals surface area contributed by atoms with Crippen molar-refractivity contribution >= 4 is 82.8 Å². The maximum Gasteiger partial charge on any atom is 0.305 e. The summed E-state index contributed by atoms with van der Waals surface area (Å²) in [5.74, 6) is -17.5. The third kappa shape index (κ3) is 28.2. The Balaban J connectivity index is 2.04. The van der Waals surface area contributed by atoms with Crippen LogP contribution in [0.1, 0.15) is 84.6 Å². The summed E-state index contributed by atoms with van der Waals surface area (Å²) in [6.45, 7) is 0.914.